The average molecular weight is 580 g/mol. The van der Waals surface area contributed by atoms with E-state index in [-0.39, 0.29) is 5.56 Å². The number of hydrogen-bond donors (Lipinski definition) is 1. The minimum absolute atomic E-state index is 0.0708. The first-order valence-electron chi connectivity index (χ1n) is 14.8. The molecule has 5 rings (SSSR count). The lowest BCUT2D eigenvalue weighted by molar-refractivity contribution is -0.108. The highest BCUT2D eigenvalue weighted by Crippen LogP contribution is 2.30. The number of nitrogens with zero attached hydrogens (tertiary/aromatic N) is 4. The summed E-state index contributed by atoms with van der Waals surface area (Å²) in [5.41, 5.74) is 5.56. The lowest BCUT2D eigenvalue weighted by Crippen LogP contribution is -2.29. The van der Waals surface area contributed by atoms with Crippen LogP contribution in [0.2, 0.25) is 0 Å². The molecule has 2 heterocycles. The number of aryl methyl sites for hydroxylation is 2. The van der Waals surface area contributed by atoms with Crippen LogP contribution in [0.25, 0.3) is 22.3 Å². The fourth-order valence-corrected chi connectivity index (χ4v) is 5.09. The van der Waals surface area contributed by atoms with Crippen molar-refractivity contribution in [3.63, 3.8) is 0 Å². The summed E-state index contributed by atoms with van der Waals surface area (Å²) < 4.78 is 7.59. The Balaban J connectivity index is 1.46. The van der Waals surface area contributed by atoms with Gasteiger partial charge < -0.3 is 14.9 Å². The first-order chi connectivity index (χ1) is 21.1. The van der Waals surface area contributed by atoms with Crippen LogP contribution in [0.5, 0.6) is 5.88 Å². The molecule has 4 aromatic rings. The normalized spacial score (nSPS) is 13.0. The molecule has 222 valence electrons. The van der Waals surface area contributed by atoms with E-state index in [1.807, 2.05) is 67.6 Å². The number of rotatable bonds is 13. The van der Waals surface area contributed by atoms with E-state index >= 15 is 0 Å². The number of amides is 1. The minimum atomic E-state index is -0.0708. The summed E-state index contributed by atoms with van der Waals surface area (Å²) in [6, 6.07) is 19.4. The number of nitrogens with one attached hydrogen (secondary N) is 1. The quantitative estimate of drug-likeness (QED) is 0.0987. The molecular weight excluding hydrogens is 542 g/mol. The van der Waals surface area contributed by atoms with Gasteiger partial charge in [-0.2, -0.15) is 0 Å². The van der Waals surface area contributed by atoms with E-state index in [0.717, 1.165) is 45.8 Å². The van der Waals surface area contributed by atoms with Gasteiger partial charge in [0.1, 0.15) is 12.9 Å². The number of carbonyl (C=O) groups excluding carboxylic acids is 1. The summed E-state index contributed by atoms with van der Waals surface area (Å²) in [6.07, 6.45) is 6.94. The highest BCUT2D eigenvalue weighted by molar-refractivity contribution is 6.08. The Morgan fingerprint density at radius 3 is 2.49 bits per heavy atom. The number of ether oxygens (including phenoxy) is 1. The fraction of sp³-hybridized carbons (Fsp3) is 0.324. The van der Waals surface area contributed by atoms with Gasteiger partial charge in [-0.05, 0) is 54.4 Å². The molecule has 0 spiro atoms. The van der Waals surface area contributed by atoms with Crippen molar-refractivity contribution in [2.75, 3.05) is 13.7 Å². The number of benzene rings is 2. The second kappa shape index (κ2) is 13.9. The molecule has 9 heteroatoms. The maximum absolute atomic E-state index is 14.1. The zero-order valence-electron chi connectivity index (χ0n) is 24.9. The molecule has 9 nitrogen and oxygen atoms in total. The summed E-state index contributed by atoms with van der Waals surface area (Å²) in [5.74, 6) is 2.31. The van der Waals surface area contributed by atoms with E-state index in [9.17, 15) is 9.59 Å². The standard InChI is InChI=1S/C34H37N5O4/c1-4-8-30-37-29(5-2)32(26-17-18-31(35-19-26)43-21-24-11-12-24)34(41)39(30)20-23-13-15-25(16-14-23)27-9-6-7-10-28(27)33(36-22-40)38-42-3/h6-7,9-10,13-19,22,24H,4-5,8,11-12,20-21H2,1-3H3,(H,36,38,40). The summed E-state index contributed by atoms with van der Waals surface area (Å²) in [4.78, 5) is 39.7. The lowest BCUT2D eigenvalue weighted by atomic mass is 9.98. The number of aromatic nitrogens is 3. The van der Waals surface area contributed by atoms with Crippen molar-refractivity contribution in [2.45, 2.75) is 52.5 Å². The van der Waals surface area contributed by atoms with Gasteiger partial charge in [-0.1, -0.05) is 67.5 Å². The summed E-state index contributed by atoms with van der Waals surface area (Å²) >= 11 is 0. The molecule has 2 aromatic carbocycles. The maximum atomic E-state index is 14.1. The highest BCUT2D eigenvalue weighted by Gasteiger charge is 2.22. The Bertz CT molecular complexity index is 1640. The van der Waals surface area contributed by atoms with Crippen LogP contribution in [0.1, 0.15) is 55.8 Å². The van der Waals surface area contributed by atoms with Crippen molar-refractivity contribution < 1.29 is 14.4 Å². The van der Waals surface area contributed by atoms with Crippen LogP contribution in [0.15, 0.2) is 76.8 Å². The van der Waals surface area contributed by atoms with Crippen LogP contribution in [-0.2, 0) is 29.0 Å². The van der Waals surface area contributed by atoms with Crippen molar-refractivity contribution in [1.82, 2.24) is 19.9 Å². The molecule has 0 unspecified atom stereocenters. The lowest BCUT2D eigenvalue weighted by Gasteiger charge is -2.17. The molecule has 1 N–H and O–H groups in total. The Morgan fingerprint density at radius 1 is 1.07 bits per heavy atom. The molecule has 0 atom stereocenters. The molecule has 1 aliphatic rings. The summed E-state index contributed by atoms with van der Waals surface area (Å²) in [6.45, 7) is 5.19. The number of hydrogen-bond acceptors (Lipinski definition) is 7. The van der Waals surface area contributed by atoms with E-state index in [4.69, 9.17) is 14.6 Å². The van der Waals surface area contributed by atoms with Crippen LogP contribution in [-0.4, -0.2) is 40.5 Å². The van der Waals surface area contributed by atoms with Crippen LogP contribution in [0, 0.1) is 5.92 Å². The summed E-state index contributed by atoms with van der Waals surface area (Å²) in [7, 11) is 1.43. The van der Waals surface area contributed by atoms with Gasteiger partial charge in [0.15, 0.2) is 5.84 Å². The molecule has 0 saturated heterocycles. The first-order valence-corrected chi connectivity index (χ1v) is 14.8. The van der Waals surface area contributed by atoms with E-state index in [1.165, 1.54) is 20.0 Å². The SMILES string of the molecule is CCCc1nc(CC)c(-c2ccc(OCC3CC3)nc2)c(=O)n1Cc1ccc(-c2ccccc2/C(=N/OC)NC=O)cc1. The molecule has 0 radical (unpaired) electrons. The molecule has 0 bridgehead atoms. The minimum Gasteiger partial charge on any atom is -0.477 e. The first kappa shape index (κ1) is 29.7. The third-order valence-corrected chi connectivity index (χ3v) is 7.49. The molecule has 2 aromatic heterocycles. The molecule has 43 heavy (non-hydrogen) atoms. The number of carbonyl (C=O) groups is 1. The molecule has 1 saturated carbocycles. The highest BCUT2D eigenvalue weighted by atomic mass is 16.6. The van der Waals surface area contributed by atoms with Gasteiger partial charge in [-0.25, -0.2) is 9.97 Å². The Morgan fingerprint density at radius 2 is 1.84 bits per heavy atom. The largest absolute Gasteiger partial charge is 0.477 e. The monoisotopic (exact) mass is 579 g/mol. The third kappa shape index (κ3) is 6.99. The van der Waals surface area contributed by atoms with Crippen molar-refractivity contribution >= 4 is 12.2 Å². The van der Waals surface area contributed by atoms with Crippen LogP contribution in [0.3, 0.4) is 0 Å². The second-order valence-corrected chi connectivity index (χ2v) is 10.6. The van der Waals surface area contributed by atoms with Crippen LogP contribution in [0.4, 0.5) is 0 Å². The zero-order valence-corrected chi connectivity index (χ0v) is 24.9. The zero-order chi connectivity index (χ0) is 30.2. The molecule has 1 amide bonds. The third-order valence-electron chi connectivity index (χ3n) is 7.49. The van der Waals surface area contributed by atoms with Crippen molar-refractivity contribution in [3.05, 3.63) is 99.9 Å². The average Bonchev–Trinajstić information content (AvgIpc) is 3.87. The molecule has 0 aliphatic heterocycles. The molecule has 1 fully saturated rings. The van der Waals surface area contributed by atoms with E-state index in [0.29, 0.717) is 55.6 Å². The fourth-order valence-electron chi connectivity index (χ4n) is 5.09. The van der Waals surface area contributed by atoms with Crippen molar-refractivity contribution in [3.8, 4) is 28.1 Å². The number of pyridine rings is 1. The smallest absolute Gasteiger partial charge is 0.262 e. The van der Waals surface area contributed by atoms with Crippen molar-refractivity contribution in [2.24, 2.45) is 11.1 Å². The number of oxime groups is 1. The van der Waals surface area contributed by atoms with Crippen molar-refractivity contribution in [1.29, 1.82) is 0 Å². The van der Waals surface area contributed by atoms with E-state index in [2.05, 4.69) is 22.4 Å². The van der Waals surface area contributed by atoms with E-state index in [1.54, 1.807) is 10.8 Å². The van der Waals surface area contributed by atoms with E-state index < -0.39 is 0 Å². The van der Waals surface area contributed by atoms with Gasteiger partial charge in [0, 0.05) is 29.8 Å². The molecule has 1 aliphatic carbocycles. The Labute approximate surface area is 251 Å². The Kier molecular flexibility index (Phi) is 9.61. The van der Waals surface area contributed by atoms with Gasteiger partial charge in [0.05, 0.1) is 24.4 Å². The maximum Gasteiger partial charge on any atom is 0.262 e. The topological polar surface area (TPSA) is 108 Å². The van der Waals surface area contributed by atoms with Gasteiger partial charge in [0.2, 0.25) is 12.3 Å². The van der Waals surface area contributed by atoms with Gasteiger partial charge in [-0.15, -0.1) is 0 Å². The number of amidine groups is 1. The van der Waals surface area contributed by atoms with Crippen LogP contribution < -0.4 is 15.6 Å². The summed E-state index contributed by atoms with van der Waals surface area (Å²) in [5, 5.41) is 6.58. The van der Waals surface area contributed by atoms with Crippen LogP contribution >= 0.6 is 0 Å². The van der Waals surface area contributed by atoms with Gasteiger partial charge in [-0.3, -0.25) is 14.2 Å². The predicted molar refractivity (Wildman–Crippen MR) is 167 cm³/mol. The molecular formula is C34H37N5O4. The van der Waals surface area contributed by atoms with Gasteiger partial charge >= 0.3 is 0 Å². The second-order valence-electron chi connectivity index (χ2n) is 10.6. The Hall–Kier alpha value is -4.79. The predicted octanol–water partition coefficient (Wildman–Crippen LogP) is 5.38. The van der Waals surface area contributed by atoms with Gasteiger partial charge in [0.25, 0.3) is 5.56 Å².